The number of nitrogens with one attached hydrogen (secondary N) is 2. The van der Waals surface area contributed by atoms with E-state index in [2.05, 4.69) is 25.9 Å². The molecule has 0 aliphatic heterocycles. The van der Waals surface area contributed by atoms with Crippen LogP contribution in [0.1, 0.15) is 21.7 Å². The Morgan fingerprint density at radius 2 is 2.00 bits per heavy atom. The van der Waals surface area contributed by atoms with Crippen molar-refractivity contribution in [3.63, 3.8) is 0 Å². The molecule has 0 bridgehead atoms. The normalized spacial score (nSPS) is 10.4. The number of hydrazine groups is 1. The third-order valence-electron chi connectivity index (χ3n) is 3.72. The van der Waals surface area contributed by atoms with Crippen molar-refractivity contribution in [1.29, 1.82) is 0 Å². The smallest absolute Gasteiger partial charge is 0.273 e. The van der Waals surface area contributed by atoms with Crippen molar-refractivity contribution in [3.05, 3.63) is 53.6 Å². The molecule has 26 heavy (non-hydrogen) atoms. The van der Waals surface area contributed by atoms with Crippen molar-refractivity contribution >= 4 is 17.4 Å². The molecule has 4 N–H and O–H groups in total. The first-order valence-corrected chi connectivity index (χ1v) is 7.84. The number of rotatable bonds is 5. The Labute approximate surface area is 150 Å². The molecule has 0 fully saturated rings. The molecule has 1 aromatic carbocycles. The first-order chi connectivity index (χ1) is 12.5. The number of methoxy groups -OCH3 is 1. The fourth-order valence-electron chi connectivity index (χ4n) is 2.51. The topological polar surface area (TPSA) is 120 Å². The number of nitrogen functional groups attached to an aromatic ring is 1. The first-order valence-electron chi connectivity index (χ1n) is 7.84. The van der Waals surface area contributed by atoms with Crippen LogP contribution < -0.4 is 21.3 Å². The molecule has 0 saturated heterocycles. The van der Waals surface area contributed by atoms with Gasteiger partial charge in [-0.3, -0.25) is 15.6 Å². The summed E-state index contributed by atoms with van der Waals surface area (Å²) in [6.07, 6.45) is 1.35. The van der Waals surface area contributed by atoms with E-state index in [0.29, 0.717) is 17.1 Å². The summed E-state index contributed by atoms with van der Waals surface area (Å²) in [4.78, 5) is 20.6. The van der Waals surface area contributed by atoms with Gasteiger partial charge in [0.2, 0.25) is 0 Å². The molecule has 134 valence electrons. The second-order valence-corrected chi connectivity index (χ2v) is 5.58. The van der Waals surface area contributed by atoms with Crippen molar-refractivity contribution in [1.82, 2.24) is 25.2 Å². The van der Waals surface area contributed by atoms with E-state index in [0.717, 1.165) is 11.4 Å². The van der Waals surface area contributed by atoms with Crippen LogP contribution in [0.4, 0.5) is 11.5 Å². The van der Waals surface area contributed by atoms with Crippen LogP contribution >= 0.6 is 0 Å². The summed E-state index contributed by atoms with van der Waals surface area (Å²) in [5, 5.41) is 4.36. The van der Waals surface area contributed by atoms with Crippen molar-refractivity contribution in [3.8, 4) is 11.6 Å². The van der Waals surface area contributed by atoms with Crippen LogP contribution in [0.3, 0.4) is 0 Å². The Bertz CT molecular complexity index is 952. The minimum atomic E-state index is -0.381. The summed E-state index contributed by atoms with van der Waals surface area (Å²) in [6, 6.07) is 8.80. The lowest BCUT2D eigenvalue weighted by atomic mass is 10.2. The highest BCUT2D eigenvalue weighted by atomic mass is 16.5. The molecule has 2 aromatic heterocycles. The average Bonchev–Trinajstić information content (AvgIpc) is 2.98. The van der Waals surface area contributed by atoms with Crippen LogP contribution in [0.15, 0.2) is 36.7 Å². The molecule has 0 radical (unpaired) electrons. The number of hydrogen-bond donors (Lipinski definition) is 3. The third kappa shape index (κ3) is 3.27. The highest BCUT2D eigenvalue weighted by Gasteiger charge is 2.15. The number of nitrogens with zero attached hydrogens (tertiary/aromatic N) is 4. The second-order valence-electron chi connectivity index (χ2n) is 5.58. The van der Waals surface area contributed by atoms with Gasteiger partial charge in [0.15, 0.2) is 11.6 Å². The third-order valence-corrected chi connectivity index (χ3v) is 3.72. The summed E-state index contributed by atoms with van der Waals surface area (Å²) in [5.41, 5.74) is 13.8. The number of hydrogen-bond acceptors (Lipinski definition) is 7. The Balaban J connectivity index is 1.82. The molecule has 0 aliphatic carbocycles. The number of benzene rings is 1. The zero-order valence-corrected chi connectivity index (χ0v) is 14.6. The van der Waals surface area contributed by atoms with E-state index >= 15 is 0 Å². The van der Waals surface area contributed by atoms with Gasteiger partial charge in [0.05, 0.1) is 18.4 Å². The van der Waals surface area contributed by atoms with Crippen LogP contribution in [-0.2, 0) is 0 Å². The number of carbonyl (C=O) groups excluding carboxylic acids is 1. The Hall–Kier alpha value is -3.62. The van der Waals surface area contributed by atoms with Gasteiger partial charge in [-0.05, 0) is 32.0 Å². The largest absolute Gasteiger partial charge is 0.496 e. The standard InChI is InChI=1S/C17H19N7O2/c1-10-8-11(2)24(23-10)16-14(18)15(19-9-20-16)21-22-17(25)12-6-4-5-7-13(12)26-3/h4-9H,18H2,1-3H3,(H,22,25)(H,19,20,21). The van der Waals surface area contributed by atoms with E-state index in [4.69, 9.17) is 10.5 Å². The summed E-state index contributed by atoms with van der Waals surface area (Å²) in [6.45, 7) is 3.78. The lowest BCUT2D eigenvalue weighted by Gasteiger charge is -2.13. The van der Waals surface area contributed by atoms with E-state index in [1.54, 1.807) is 28.9 Å². The molecule has 0 saturated carbocycles. The number of aromatic nitrogens is 4. The molecule has 9 heteroatoms. The predicted octanol–water partition coefficient (Wildman–Crippen LogP) is 1.63. The molecule has 9 nitrogen and oxygen atoms in total. The predicted molar refractivity (Wildman–Crippen MR) is 97.1 cm³/mol. The average molecular weight is 353 g/mol. The molecule has 3 aromatic rings. The number of ether oxygens (including phenoxy) is 1. The molecule has 2 heterocycles. The van der Waals surface area contributed by atoms with Gasteiger partial charge in [-0.15, -0.1) is 0 Å². The SMILES string of the molecule is COc1ccccc1C(=O)NNc1ncnc(-n2nc(C)cc2C)c1N. The van der Waals surface area contributed by atoms with Crippen LogP contribution in [0, 0.1) is 13.8 Å². The number of nitrogens with two attached hydrogens (primary N) is 1. The van der Waals surface area contributed by atoms with Crippen molar-refractivity contribution in [2.75, 3.05) is 18.3 Å². The van der Waals surface area contributed by atoms with Gasteiger partial charge in [0.1, 0.15) is 17.8 Å². The quantitative estimate of drug-likeness (QED) is 0.596. The monoisotopic (exact) mass is 353 g/mol. The first kappa shape index (κ1) is 17.2. The maximum absolute atomic E-state index is 12.4. The molecular weight excluding hydrogens is 334 g/mol. The van der Waals surface area contributed by atoms with Gasteiger partial charge in [-0.1, -0.05) is 12.1 Å². The Morgan fingerprint density at radius 1 is 1.23 bits per heavy atom. The maximum Gasteiger partial charge on any atom is 0.273 e. The van der Waals surface area contributed by atoms with Gasteiger partial charge in [0.25, 0.3) is 5.91 Å². The van der Waals surface area contributed by atoms with E-state index in [9.17, 15) is 4.79 Å². The van der Waals surface area contributed by atoms with E-state index in [1.807, 2.05) is 19.9 Å². The minimum Gasteiger partial charge on any atom is -0.496 e. The van der Waals surface area contributed by atoms with Crippen molar-refractivity contribution in [2.45, 2.75) is 13.8 Å². The van der Waals surface area contributed by atoms with Gasteiger partial charge in [-0.2, -0.15) is 5.10 Å². The summed E-state index contributed by atoms with van der Waals surface area (Å²) in [7, 11) is 1.50. The fourth-order valence-corrected chi connectivity index (χ4v) is 2.51. The zero-order chi connectivity index (χ0) is 18.7. The van der Waals surface area contributed by atoms with Gasteiger partial charge < -0.3 is 10.5 Å². The lowest BCUT2D eigenvalue weighted by Crippen LogP contribution is -2.30. The minimum absolute atomic E-state index is 0.263. The van der Waals surface area contributed by atoms with Gasteiger partial charge in [-0.25, -0.2) is 14.6 Å². The number of anilines is 2. The molecule has 0 unspecified atom stereocenters. The van der Waals surface area contributed by atoms with Gasteiger partial charge >= 0.3 is 0 Å². The summed E-state index contributed by atoms with van der Waals surface area (Å²) in [5.74, 6) is 0.782. The van der Waals surface area contributed by atoms with Crippen molar-refractivity contribution in [2.24, 2.45) is 0 Å². The Morgan fingerprint density at radius 3 is 2.69 bits per heavy atom. The maximum atomic E-state index is 12.4. The number of carbonyl (C=O) groups is 1. The molecule has 0 aliphatic rings. The molecule has 1 amide bonds. The second kappa shape index (κ2) is 7.09. The van der Waals surface area contributed by atoms with Crippen LogP contribution in [0.2, 0.25) is 0 Å². The van der Waals surface area contributed by atoms with E-state index in [-0.39, 0.29) is 17.4 Å². The van der Waals surface area contributed by atoms with E-state index in [1.165, 1.54) is 13.4 Å². The molecule has 3 rings (SSSR count). The van der Waals surface area contributed by atoms with E-state index < -0.39 is 0 Å². The van der Waals surface area contributed by atoms with Crippen LogP contribution in [0.25, 0.3) is 5.82 Å². The van der Waals surface area contributed by atoms with Crippen LogP contribution in [0.5, 0.6) is 5.75 Å². The lowest BCUT2D eigenvalue weighted by molar-refractivity contribution is 0.0959. The van der Waals surface area contributed by atoms with Crippen LogP contribution in [-0.4, -0.2) is 32.8 Å². The highest BCUT2D eigenvalue weighted by Crippen LogP contribution is 2.22. The van der Waals surface area contributed by atoms with Crippen molar-refractivity contribution < 1.29 is 9.53 Å². The molecule has 0 atom stereocenters. The molecule has 0 spiro atoms. The summed E-state index contributed by atoms with van der Waals surface area (Å²) < 4.78 is 6.81. The number of amides is 1. The number of aryl methyl sites for hydroxylation is 2. The highest BCUT2D eigenvalue weighted by molar-refractivity contribution is 5.97. The fraction of sp³-hybridized carbons (Fsp3) is 0.176. The summed E-state index contributed by atoms with van der Waals surface area (Å²) >= 11 is 0. The number of para-hydroxylation sites is 1. The Kier molecular flexibility index (Phi) is 4.70. The molecular formula is C17H19N7O2. The zero-order valence-electron chi connectivity index (χ0n) is 14.6. The van der Waals surface area contributed by atoms with Gasteiger partial charge in [0, 0.05) is 5.69 Å².